The van der Waals surface area contributed by atoms with Crippen molar-refractivity contribution in [3.05, 3.63) is 84.7 Å². The van der Waals surface area contributed by atoms with E-state index < -0.39 is 9.04 Å². The quantitative estimate of drug-likeness (QED) is 0.672. The van der Waals surface area contributed by atoms with Crippen molar-refractivity contribution >= 4 is 19.4 Å². The summed E-state index contributed by atoms with van der Waals surface area (Å²) < 4.78 is 24.9. The van der Waals surface area contributed by atoms with Gasteiger partial charge in [-0.3, -0.25) is 0 Å². The molecule has 0 bridgehead atoms. The molecule has 115 valence electrons. The summed E-state index contributed by atoms with van der Waals surface area (Å²) in [5.41, 5.74) is 0. The highest BCUT2D eigenvalue weighted by Gasteiger charge is 2.22. The molecule has 3 aromatic carbocycles. The second-order valence-electron chi connectivity index (χ2n) is 4.96. The minimum absolute atomic E-state index is 0.345. The minimum Gasteiger partial charge on any atom is -0.530 e. The summed E-state index contributed by atoms with van der Waals surface area (Å²) in [6, 6.07) is 24.5. The maximum atomic E-state index is 13.4. The van der Waals surface area contributed by atoms with Crippen LogP contribution < -0.4 is 19.5 Å². The maximum absolute atomic E-state index is 13.4. The molecule has 0 saturated heterocycles. The molecular weight excluding hydrogens is 307 g/mol. The fourth-order valence-corrected chi connectivity index (χ4v) is 4.25. The van der Waals surface area contributed by atoms with Gasteiger partial charge in [0.05, 0.1) is 7.11 Å². The lowest BCUT2D eigenvalue weighted by Crippen LogP contribution is -2.47. The van der Waals surface area contributed by atoms with Crippen molar-refractivity contribution in [2.75, 3.05) is 7.11 Å². The van der Waals surface area contributed by atoms with Crippen LogP contribution in [0.15, 0.2) is 78.9 Å². The van der Waals surface area contributed by atoms with E-state index in [2.05, 4.69) is 24.3 Å². The van der Waals surface area contributed by atoms with Gasteiger partial charge in [-0.05, 0) is 22.5 Å². The predicted molar refractivity (Wildman–Crippen MR) is 91.5 cm³/mol. The van der Waals surface area contributed by atoms with Crippen molar-refractivity contribution in [3.8, 4) is 11.5 Å². The van der Waals surface area contributed by atoms with Gasteiger partial charge in [-0.1, -0.05) is 60.7 Å². The van der Waals surface area contributed by atoms with Crippen molar-refractivity contribution in [3.63, 3.8) is 0 Å². The second kappa shape index (κ2) is 7.11. The molecule has 0 N–H and O–H groups in total. The molecule has 2 nitrogen and oxygen atoms in total. The summed E-state index contributed by atoms with van der Waals surface area (Å²) in [6.45, 7) is 0. The molecule has 3 rings (SSSR count). The van der Waals surface area contributed by atoms with Gasteiger partial charge in [-0.15, -0.1) is 0 Å². The second-order valence-corrected chi connectivity index (χ2v) is 6.98. The summed E-state index contributed by atoms with van der Waals surface area (Å²) >= 11 is 0. The lowest BCUT2D eigenvalue weighted by molar-refractivity contribution is 0.392. The minimum atomic E-state index is -1.50. The monoisotopic (exact) mass is 323 g/mol. The number of hydrogen-bond acceptors (Lipinski definition) is 2. The van der Waals surface area contributed by atoms with E-state index in [1.807, 2.05) is 36.4 Å². The van der Waals surface area contributed by atoms with E-state index in [1.54, 1.807) is 6.07 Å². The Balaban J connectivity index is 2.00. The van der Waals surface area contributed by atoms with Crippen molar-refractivity contribution in [1.82, 2.24) is 0 Å². The largest absolute Gasteiger partial charge is 0.530 e. The first-order valence-electron chi connectivity index (χ1n) is 7.27. The highest BCUT2D eigenvalue weighted by Crippen LogP contribution is 2.27. The van der Waals surface area contributed by atoms with Crippen LogP contribution in [0.2, 0.25) is 0 Å². The van der Waals surface area contributed by atoms with Crippen LogP contribution in [0, 0.1) is 5.82 Å². The van der Waals surface area contributed by atoms with E-state index >= 15 is 0 Å². The van der Waals surface area contributed by atoms with Crippen molar-refractivity contribution in [2.24, 2.45) is 0 Å². The molecule has 0 aliphatic rings. The molecule has 0 heterocycles. The Bertz CT molecular complexity index is 723. The van der Waals surface area contributed by atoms with Crippen LogP contribution in [-0.2, 0) is 0 Å². The molecule has 4 heteroatoms. The average molecular weight is 323 g/mol. The van der Waals surface area contributed by atoms with Crippen molar-refractivity contribution in [2.45, 2.75) is 0 Å². The van der Waals surface area contributed by atoms with Crippen molar-refractivity contribution < 1.29 is 13.6 Å². The zero-order valence-electron chi connectivity index (χ0n) is 12.7. The van der Waals surface area contributed by atoms with Gasteiger partial charge in [0.1, 0.15) is 11.6 Å². The molecule has 0 aliphatic carbocycles. The average Bonchev–Trinajstić information content (AvgIpc) is 2.62. The van der Waals surface area contributed by atoms with Gasteiger partial charge in [0.2, 0.25) is 0 Å². The third kappa shape index (κ3) is 3.60. The lowest BCUT2D eigenvalue weighted by atomic mass is 10.3. The number of rotatable bonds is 5. The fraction of sp³-hybridized carbons (Fsp3) is 0.0526. The van der Waals surface area contributed by atoms with E-state index in [-0.39, 0.29) is 5.82 Å². The molecule has 3 aromatic rings. The third-order valence-corrected chi connectivity index (χ3v) is 5.55. The Hall–Kier alpha value is -2.59. The van der Waals surface area contributed by atoms with Gasteiger partial charge in [0.25, 0.3) is 0 Å². The van der Waals surface area contributed by atoms with Gasteiger partial charge in [0.15, 0.2) is 5.75 Å². The molecule has 0 atom stereocenters. The topological polar surface area (TPSA) is 18.5 Å². The predicted octanol–water partition coefficient (Wildman–Crippen LogP) is 3.02. The van der Waals surface area contributed by atoms with E-state index in [0.29, 0.717) is 11.5 Å². The van der Waals surface area contributed by atoms with Crippen LogP contribution in [0.4, 0.5) is 4.39 Å². The summed E-state index contributed by atoms with van der Waals surface area (Å²) in [4.78, 5) is 0. The Morgan fingerprint density at radius 2 is 1.30 bits per heavy atom. The molecule has 0 unspecified atom stereocenters. The van der Waals surface area contributed by atoms with Crippen LogP contribution in [0.1, 0.15) is 0 Å². The number of halogens is 1. The van der Waals surface area contributed by atoms with Gasteiger partial charge >= 0.3 is 9.04 Å². The maximum Gasteiger partial charge on any atom is 0.352 e. The smallest absolute Gasteiger partial charge is 0.352 e. The summed E-state index contributed by atoms with van der Waals surface area (Å²) in [6.07, 6.45) is 0. The Labute approximate surface area is 136 Å². The molecule has 0 aromatic heterocycles. The molecule has 0 aliphatic heterocycles. The Morgan fingerprint density at radius 1 is 0.739 bits per heavy atom. The highest BCUT2D eigenvalue weighted by molar-refractivity contribution is 6.80. The molecule has 23 heavy (non-hydrogen) atoms. The number of ether oxygens (including phenoxy) is 1. The van der Waals surface area contributed by atoms with Crippen LogP contribution >= 0.6 is 0 Å². The zero-order valence-corrected chi connectivity index (χ0v) is 13.7. The SMILES string of the molecule is COc1cc(F)ccc1O[Si](c1ccccc1)c1ccccc1. The van der Waals surface area contributed by atoms with Gasteiger partial charge in [-0.2, -0.15) is 0 Å². The Morgan fingerprint density at radius 3 is 1.83 bits per heavy atom. The van der Waals surface area contributed by atoms with E-state index in [0.717, 1.165) is 10.4 Å². The standard InChI is InChI=1S/C19H16FO2Si/c1-21-19-14-15(20)12-13-18(19)22-23(16-8-4-2-5-9-16)17-10-6-3-7-11-17/h2-14H,1H3. The van der Waals surface area contributed by atoms with Crippen LogP contribution in [0.3, 0.4) is 0 Å². The molecule has 1 radical (unpaired) electrons. The summed E-state index contributed by atoms with van der Waals surface area (Å²) in [7, 11) is 0.0138. The van der Waals surface area contributed by atoms with E-state index in [1.165, 1.54) is 19.2 Å². The van der Waals surface area contributed by atoms with E-state index in [9.17, 15) is 4.39 Å². The van der Waals surface area contributed by atoms with Crippen LogP contribution in [0.25, 0.3) is 0 Å². The van der Waals surface area contributed by atoms with Crippen molar-refractivity contribution in [1.29, 1.82) is 0 Å². The van der Waals surface area contributed by atoms with Gasteiger partial charge < -0.3 is 9.16 Å². The van der Waals surface area contributed by atoms with E-state index in [4.69, 9.17) is 9.16 Å². The first-order valence-corrected chi connectivity index (χ1v) is 8.68. The van der Waals surface area contributed by atoms with Crippen LogP contribution in [0.5, 0.6) is 11.5 Å². The third-order valence-electron chi connectivity index (χ3n) is 3.41. The molecule has 0 amide bonds. The molecule has 0 saturated carbocycles. The van der Waals surface area contributed by atoms with Crippen LogP contribution in [-0.4, -0.2) is 16.2 Å². The number of hydrogen-bond donors (Lipinski definition) is 0. The number of methoxy groups -OCH3 is 1. The molecular formula is C19H16FO2Si. The molecule has 0 fully saturated rings. The first kappa shape index (κ1) is 15.3. The number of benzene rings is 3. The fourth-order valence-electron chi connectivity index (χ4n) is 2.30. The summed E-state index contributed by atoms with van der Waals surface area (Å²) in [5.74, 6) is 0.609. The normalized spacial score (nSPS) is 10.6. The van der Waals surface area contributed by atoms with Gasteiger partial charge in [-0.25, -0.2) is 4.39 Å². The Kier molecular flexibility index (Phi) is 4.73. The zero-order chi connectivity index (χ0) is 16.1. The summed E-state index contributed by atoms with van der Waals surface area (Å²) in [5, 5.41) is 2.24. The van der Waals surface area contributed by atoms with Gasteiger partial charge in [0, 0.05) is 6.07 Å². The first-order chi connectivity index (χ1) is 11.3. The lowest BCUT2D eigenvalue weighted by Gasteiger charge is -2.19. The highest BCUT2D eigenvalue weighted by atomic mass is 28.3. The molecule has 0 spiro atoms.